The molecule has 32 heavy (non-hydrogen) atoms. The number of aromatic nitrogens is 2. The lowest BCUT2D eigenvalue weighted by Crippen LogP contribution is -2.37. The van der Waals surface area contributed by atoms with Gasteiger partial charge in [-0.25, -0.2) is 4.98 Å². The van der Waals surface area contributed by atoms with Gasteiger partial charge in [0, 0.05) is 23.6 Å². The summed E-state index contributed by atoms with van der Waals surface area (Å²) in [5, 5.41) is 3.82. The first-order valence-electron chi connectivity index (χ1n) is 10.2. The fourth-order valence-electron chi connectivity index (χ4n) is 4.59. The van der Waals surface area contributed by atoms with Gasteiger partial charge in [-0.15, -0.1) is 0 Å². The number of ether oxygens (including phenoxy) is 3. The number of aromatic amines is 1. The van der Waals surface area contributed by atoms with Crippen LogP contribution in [0.5, 0.6) is 17.2 Å². The van der Waals surface area contributed by atoms with E-state index in [1.54, 1.807) is 12.1 Å². The number of carbonyl (C=O) groups excluding carboxylic acids is 1. The van der Waals surface area contributed by atoms with Crippen molar-refractivity contribution in [3.63, 3.8) is 0 Å². The van der Waals surface area contributed by atoms with E-state index in [1.165, 1.54) is 33.1 Å². The van der Waals surface area contributed by atoms with Crippen LogP contribution in [0.4, 0.5) is 5.82 Å². The maximum atomic E-state index is 13.4. The largest absolute Gasteiger partial charge is 0.493 e. The lowest BCUT2D eigenvalue weighted by atomic mass is 9.69. The van der Waals surface area contributed by atoms with Gasteiger partial charge >= 0.3 is 0 Å². The molecule has 0 radical (unpaired) electrons. The number of benzene rings is 1. The molecular weight excluding hydrogens is 430 g/mol. The highest BCUT2D eigenvalue weighted by Gasteiger charge is 2.42. The van der Waals surface area contributed by atoms with Crippen molar-refractivity contribution in [3.8, 4) is 17.2 Å². The van der Waals surface area contributed by atoms with Crippen LogP contribution >= 0.6 is 11.8 Å². The van der Waals surface area contributed by atoms with Crippen LogP contribution in [0.1, 0.15) is 43.7 Å². The molecule has 1 aliphatic carbocycles. The monoisotopic (exact) mass is 457 g/mol. The molecule has 0 saturated carbocycles. The number of methoxy groups -OCH3 is 3. The highest BCUT2D eigenvalue weighted by molar-refractivity contribution is 7.98. The molecule has 8 nitrogen and oxygen atoms in total. The van der Waals surface area contributed by atoms with Gasteiger partial charge in [0.25, 0.3) is 5.56 Å². The summed E-state index contributed by atoms with van der Waals surface area (Å²) >= 11 is 1.35. The fraction of sp³-hybridized carbons (Fsp3) is 0.435. The van der Waals surface area contributed by atoms with E-state index in [2.05, 4.69) is 29.1 Å². The molecule has 2 heterocycles. The molecule has 9 heteroatoms. The zero-order chi connectivity index (χ0) is 23.2. The van der Waals surface area contributed by atoms with E-state index >= 15 is 0 Å². The summed E-state index contributed by atoms with van der Waals surface area (Å²) in [5.74, 6) is 1.24. The number of Topliss-reactive ketones (excluding diaryl/α,β-unsaturated/α-hetero) is 1. The average molecular weight is 458 g/mol. The molecule has 1 atom stereocenters. The van der Waals surface area contributed by atoms with Crippen LogP contribution in [0.2, 0.25) is 0 Å². The van der Waals surface area contributed by atoms with Crippen LogP contribution in [0.15, 0.2) is 33.4 Å². The zero-order valence-corrected chi connectivity index (χ0v) is 19.9. The predicted octanol–water partition coefficient (Wildman–Crippen LogP) is 3.72. The van der Waals surface area contributed by atoms with E-state index in [4.69, 9.17) is 14.2 Å². The van der Waals surface area contributed by atoms with Gasteiger partial charge in [0.05, 0.1) is 26.9 Å². The molecule has 0 saturated heterocycles. The Morgan fingerprint density at radius 2 is 1.72 bits per heavy atom. The van der Waals surface area contributed by atoms with Crippen LogP contribution in [0.3, 0.4) is 0 Å². The van der Waals surface area contributed by atoms with Crippen LogP contribution in [-0.2, 0) is 4.79 Å². The van der Waals surface area contributed by atoms with Gasteiger partial charge in [-0.3, -0.25) is 9.59 Å². The Morgan fingerprint density at radius 1 is 1.06 bits per heavy atom. The first kappa shape index (κ1) is 22.3. The molecule has 0 bridgehead atoms. The number of thioether (sulfide) groups is 1. The van der Waals surface area contributed by atoms with E-state index in [0.717, 1.165) is 5.70 Å². The minimum Gasteiger partial charge on any atom is -0.493 e. The standard InChI is InChI=1S/C23H27N3O5S/c1-23(2)9-12-17(13(27)10-23)16(18-20(24-12)25-22(32-6)26-21(18)28)11-7-14(29-3)19(31-5)15(8-11)30-4/h7-8,16H,9-10H2,1-6H3,(H2,24,25,26,28)/t16-/m1/s1. The first-order chi connectivity index (χ1) is 15.2. The summed E-state index contributed by atoms with van der Waals surface area (Å²) in [5.41, 5.74) is 2.03. The molecule has 1 aliphatic heterocycles. The van der Waals surface area contributed by atoms with Crippen molar-refractivity contribution in [1.29, 1.82) is 0 Å². The lowest BCUT2D eigenvalue weighted by Gasteiger charge is -2.38. The van der Waals surface area contributed by atoms with Gasteiger partial charge in [-0.2, -0.15) is 0 Å². The van der Waals surface area contributed by atoms with Crippen molar-refractivity contribution in [3.05, 3.63) is 44.9 Å². The van der Waals surface area contributed by atoms with Gasteiger partial charge < -0.3 is 24.5 Å². The van der Waals surface area contributed by atoms with Gasteiger partial charge in [-0.1, -0.05) is 25.6 Å². The van der Waals surface area contributed by atoms with Gasteiger partial charge in [0.1, 0.15) is 5.82 Å². The third-order valence-electron chi connectivity index (χ3n) is 5.91. The second-order valence-electron chi connectivity index (χ2n) is 8.69. The normalized spacial score (nSPS) is 19.1. The quantitative estimate of drug-likeness (QED) is 0.517. The number of rotatable bonds is 5. The molecule has 2 aliphatic rings. The second kappa shape index (κ2) is 8.20. The average Bonchev–Trinajstić information content (AvgIpc) is 2.75. The SMILES string of the molecule is COc1cc([C@@H]2C3=C(CC(C)(C)CC3=O)Nc3nc(SC)[nH]c(=O)c32)cc(OC)c1OC. The Hall–Kier alpha value is -2.94. The maximum Gasteiger partial charge on any atom is 0.257 e. The Balaban J connectivity index is 2.02. The molecule has 170 valence electrons. The molecule has 1 aromatic heterocycles. The highest BCUT2D eigenvalue weighted by atomic mass is 32.2. The molecule has 0 unspecified atom stereocenters. The van der Waals surface area contributed by atoms with Crippen molar-refractivity contribution >= 4 is 23.4 Å². The zero-order valence-electron chi connectivity index (χ0n) is 19.0. The molecule has 0 spiro atoms. The van der Waals surface area contributed by atoms with Crippen molar-refractivity contribution < 1.29 is 19.0 Å². The second-order valence-corrected chi connectivity index (χ2v) is 9.48. The Bertz CT molecular complexity index is 1160. The van der Waals surface area contributed by atoms with Crippen molar-refractivity contribution in [2.45, 2.75) is 37.8 Å². The minimum atomic E-state index is -0.606. The third-order valence-corrected chi connectivity index (χ3v) is 6.49. The number of allylic oxidation sites excluding steroid dienone is 2. The van der Waals surface area contributed by atoms with E-state index in [-0.39, 0.29) is 16.8 Å². The van der Waals surface area contributed by atoms with Crippen molar-refractivity contribution in [1.82, 2.24) is 9.97 Å². The number of carbonyl (C=O) groups is 1. The summed E-state index contributed by atoms with van der Waals surface area (Å²) in [7, 11) is 4.61. The van der Waals surface area contributed by atoms with Gasteiger partial charge in [-0.05, 0) is 35.8 Å². The number of hydrogen-bond donors (Lipinski definition) is 2. The molecule has 2 N–H and O–H groups in total. The Kier molecular flexibility index (Phi) is 5.70. The van der Waals surface area contributed by atoms with E-state index in [9.17, 15) is 9.59 Å². The number of H-pyrrole nitrogens is 1. The highest BCUT2D eigenvalue weighted by Crippen LogP contribution is 2.50. The number of ketones is 1. The van der Waals surface area contributed by atoms with Crippen molar-refractivity contribution in [2.75, 3.05) is 32.9 Å². The topological polar surface area (TPSA) is 103 Å². The Morgan fingerprint density at radius 3 is 2.28 bits per heavy atom. The minimum absolute atomic E-state index is 0.0153. The van der Waals surface area contributed by atoms with E-state index < -0.39 is 5.92 Å². The van der Waals surface area contributed by atoms with Gasteiger partial charge in [0.15, 0.2) is 22.4 Å². The first-order valence-corrected chi connectivity index (χ1v) is 11.5. The number of fused-ring (bicyclic) bond motifs is 1. The molecular formula is C23H27N3O5S. The van der Waals surface area contributed by atoms with Gasteiger partial charge in [0.2, 0.25) is 5.75 Å². The summed E-state index contributed by atoms with van der Waals surface area (Å²) in [4.78, 5) is 34.0. The molecule has 0 fully saturated rings. The van der Waals surface area contributed by atoms with Crippen LogP contribution in [0.25, 0.3) is 0 Å². The predicted molar refractivity (Wildman–Crippen MR) is 123 cm³/mol. The number of nitrogens with one attached hydrogen (secondary N) is 2. The fourth-order valence-corrected chi connectivity index (χ4v) is 4.97. The smallest absolute Gasteiger partial charge is 0.257 e. The number of anilines is 1. The molecule has 1 aromatic carbocycles. The summed E-state index contributed by atoms with van der Waals surface area (Å²) < 4.78 is 16.5. The Labute approximate surface area is 190 Å². The number of hydrogen-bond acceptors (Lipinski definition) is 8. The molecule has 0 amide bonds. The van der Waals surface area contributed by atoms with Crippen LogP contribution in [0, 0.1) is 5.41 Å². The van der Waals surface area contributed by atoms with Crippen molar-refractivity contribution in [2.24, 2.45) is 5.41 Å². The molecule has 4 rings (SSSR count). The lowest BCUT2D eigenvalue weighted by molar-refractivity contribution is -0.118. The summed E-state index contributed by atoms with van der Waals surface area (Å²) in [6.07, 6.45) is 2.93. The third kappa shape index (κ3) is 3.64. The summed E-state index contributed by atoms with van der Waals surface area (Å²) in [6, 6.07) is 3.58. The van der Waals surface area contributed by atoms with E-state index in [1.807, 2.05) is 6.26 Å². The van der Waals surface area contributed by atoms with Crippen LogP contribution < -0.4 is 25.1 Å². The maximum absolute atomic E-state index is 13.4. The van der Waals surface area contributed by atoms with Crippen LogP contribution in [-0.4, -0.2) is 43.3 Å². The van der Waals surface area contributed by atoms with E-state index in [0.29, 0.717) is 57.8 Å². The summed E-state index contributed by atoms with van der Waals surface area (Å²) in [6.45, 7) is 4.14. The molecule has 2 aromatic rings. The number of nitrogens with zero attached hydrogens (tertiary/aromatic N) is 1.